The molecule has 3 nitrogen and oxygen atoms in total. The van der Waals surface area contributed by atoms with Crippen molar-refractivity contribution in [3.63, 3.8) is 0 Å². The molecule has 0 fully saturated rings. The fourth-order valence-electron chi connectivity index (χ4n) is 1.44. The second-order valence-corrected chi connectivity index (χ2v) is 6.13. The van der Waals surface area contributed by atoms with E-state index in [2.05, 4.69) is 21.2 Å². The number of nitrogens with one attached hydrogen (secondary N) is 1. The number of anilines is 1. The Morgan fingerprint density at radius 1 is 1.39 bits per heavy atom. The summed E-state index contributed by atoms with van der Waals surface area (Å²) in [7, 11) is 0. The fourth-order valence-corrected chi connectivity index (χ4v) is 1.82. The Labute approximate surface area is 117 Å². The quantitative estimate of drug-likeness (QED) is 0.860. The largest absolute Gasteiger partial charge is 0.458 e. The second kappa shape index (κ2) is 5.74. The predicted octanol–water partition coefficient (Wildman–Crippen LogP) is 3.90. The average Bonchev–Trinajstić information content (AvgIpc) is 2.22. The lowest BCUT2D eigenvalue weighted by atomic mass is 10.2. The molecule has 1 N–H and O–H groups in total. The van der Waals surface area contributed by atoms with E-state index in [0.717, 1.165) is 15.7 Å². The molecule has 100 valence electrons. The van der Waals surface area contributed by atoms with Crippen molar-refractivity contribution in [2.24, 2.45) is 0 Å². The molecule has 1 aromatic carbocycles. The van der Waals surface area contributed by atoms with Gasteiger partial charge in [0.25, 0.3) is 0 Å². The molecule has 0 aliphatic rings. The lowest BCUT2D eigenvalue weighted by Gasteiger charge is -2.23. The first-order valence-electron chi connectivity index (χ1n) is 5.95. The maximum absolute atomic E-state index is 11.9. The van der Waals surface area contributed by atoms with E-state index in [0.29, 0.717) is 0 Å². The van der Waals surface area contributed by atoms with Crippen molar-refractivity contribution < 1.29 is 9.53 Å². The molecule has 0 aromatic heterocycles. The number of carbonyl (C=O) groups is 1. The van der Waals surface area contributed by atoms with Crippen LogP contribution in [0.3, 0.4) is 0 Å². The summed E-state index contributed by atoms with van der Waals surface area (Å²) in [5.74, 6) is -0.254. The Balaban J connectivity index is 2.73. The molecule has 1 rings (SSSR count). The lowest BCUT2D eigenvalue weighted by Crippen LogP contribution is -2.34. The molecule has 0 spiro atoms. The monoisotopic (exact) mass is 313 g/mol. The van der Waals surface area contributed by atoms with Crippen LogP contribution in [0.1, 0.15) is 33.3 Å². The third-order valence-electron chi connectivity index (χ3n) is 2.32. The van der Waals surface area contributed by atoms with Gasteiger partial charge in [-0.15, -0.1) is 0 Å². The molecule has 0 radical (unpaired) electrons. The van der Waals surface area contributed by atoms with Crippen LogP contribution in [0.25, 0.3) is 0 Å². The minimum absolute atomic E-state index is 0.254. The van der Waals surface area contributed by atoms with Crippen LogP contribution in [0.4, 0.5) is 5.69 Å². The van der Waals surface area contributed by atoms with Crippen molar-refractivity contribution in [1.82, 2.24) is 0 Å². The summed E-state index contributed by atoms with van der Waals surface area (Å²) >= 11 is 3.50. The van der Waals surface area contributed by atoms with Gasteiger partial charge in [-0.05, 0) is 62.2 Å². The molecule has 0 heterocycles. The van der Waals surface area contributed by atoms with Gasteiger partial charge < -0.3 is 10.1 Å². The molecular weight excluding hydrogens is 294 g/mol. The molecular formula is C14H20BrNO2. The smallest absolute Gasteiger partial charge is 0.328 e. The third-order valence-corrected chi connectivity index (χ3v) is 3.38. The first-order chi connectivity index (χ1) is 8.20. The second-order valence-electron chi connectivity index (χ2n) is 5.34. The van der Waals surface area contributed by atoms with Gasteiger partial charge in [0.1, 0.15) is 11.6 Å². The van der Waals surface area contributed by atoms with Gasteiger partial charge in [0.05, 0.1) is 0 Å². The van der Waals surface area contributed by atoms with Crippen LogP contribution in [-0.4, -0.2) is 17.6 Å². The van der Waals surface area contributed by atoms with Crippen LogP contribution < -0.4 is 5.32 Å². The molecule has 4 heteroatoms. The van der Waals surface area contributed by atoms with Crippen LogP contribution >= 0.6 is 15.9 Å². The maximum Gasteiger partial charge on any atom is 0.328 e. The molecule has 0 aliphatic carbocycles. The van der Waals surface area contributed by atoms with E-state index in [-0.39, 0.29) is 12.0 Å². The summed E-state index contributed by atoms with van der Waals surface area (Å²) in [5.41, 5.74) is 1.56. The van der Waals surface area contributed by atoms with E-state index in [4.69, 9.17) is 4.74 Å². The number of aryl methyl sites for hydroxylation is 1. The van der Waals surface area contributed by atoms with Crippen molar-refractivity contribution >= 4 is 27.6 Å². The molecule has 18 heavy (non-hydrogen) atoms. The summed E-state index contributed by atoms with van der Waals surface area (Å²) in [4.78, 5) is 11.9. The van der Waals surface area contributed by atoms with Crippen molar-refractivity contribution in [2.45, 2.75) is 46.3 Å². The number of halogens is 1. The minimum atomic E-state index is -0.461. The normalized spacial score (nSPS) is 13.0. The van der Waals surface area contributed by atoms with Crippen molar-refractivity contribution in [3.8, 4) is 0 Å². The van der Waals surface area contributed by atoms with Gasteiger partial charge in [-0.25, -0.2) is 4.79 Å². The van der Waals surface area contributed by atoms with Gasteiger partial charge in [-0.1, -0.05) is 12.1 Å². The molecule has 1 aromatic rings. The van der Waals surface area contributed by atoms with E-state index in [1.54, 1.807) is 6.92 Å². The van der Waals surface area contributed by atoms with Gasteiger partial charge in [0.15, 0.2) is 0 Å². The van der Waals surface area contributed by atoms with Crippen molar-refractivity contribution in [1.29, 1.82) is 0 Å². The van der Waals surface area contributed by atoms with E-state index >= 15 is 0 Å². The van der Waals surface area contributed by atoms with E-state index < -0.39 is 5.60 Å². The first kappa shape index (κ1) is 15.0. The average molecular weight is 314 g/mol. The summed E-state index contributed by atoms with van der Waals surface area (Å²) in [6.45, 7) is 9.39. The van der Waals surface area contributed by atoms with Crippen molar-refractivity contribution in [3.05, 3.63) is 28.2 Å². The highest BCUT2D eigenvalue weighted by atomic mass is 79.9. The topological polar surface area (TPSA) is 38.3 Å². The minimum Gasteiger partial charge on any atom is -0.458 e. The molecule has 0 saturated heterocycles. The summed E-state index contributed by atoms with van der Waals surface area (Å²) in [6, 6.07) is 5.50. The van der Waals surface area contributed by atoms with Gasteiger partial charge in [-0.3, -0.25) is 0 Å². The molecule has 1 unspecified atom stereocenters. The van der Waals surface area contributed by atoms with Gasteiger partial charge in [-0.2, -0.15) is 0 Å². The third kappa shape index (κ3) is 4.33. The summed E-state index contributed by atoms with van der Waals surface area (Å²) in [6.07, 6.45) is 0. The Morgan fingerprint density at radius 3 is 2.56 bits per heavy atom. The lowest BCUT2D eigenvalue weighted by molar-refractivity contribution is -0.155. The maximum atomic E-state index is 11.9. The Hall–Kier alpha value is -1.03. The molecule has 0 aliphatic heterocycles. The molecule has 0 saturated carbocycles. The zero-order valence-electron chi connectivity index (χ0n) is 11.5. The number of esters is 1. The number of carbonyl (C=O) groups excluding carboxylic acids is 1. The Bertz CT molecular complexity index is 438. The van der Waals surface area contributed by atoms with Crippen LogP contribution in [0.2, 0.25) is 0 Å². The Morgan fingerprint density at radius 2 is 2.00 bits per heavy atom. The summed E-state index contributed by atoms with van der Waals surface area (Å²) in [5, 5.41) is 3.15. The number of benzene rings is 1. The zero-order valence-corrected chi connectivity index (χ0v) is 13.1. The van der Waals surface area contributed by atoms with E-state index in [9.17, 15) is 4.79 Å². The number of ether oxygens (including phenoxy) is 1. The number of hydrogen-bond acceptors (Lipinski definition) is 3. The molecule has 0 amide bonds. The highest BCUT2D eigenvalue weighted by Gasteiger charge is 2.22. The molecule has 0 bridgehead atoms. The van der Waals surface area contributed by atoms with Gasteiger partial charge >= 0.3 is 5.97 Å². The Kier molecular flexibility index (Phi) is 4.79. The van der Waals surface area contributed by atoms with E-state index in [1.165, 1.54) is 0 Å². The summed E-state index contributed by atoms with van der Waals surface area (Å²) < 4.78 is 6.30. The standard InChI is InChI=1S/C14H20BrNO2/c1-9-7-6-8-11(12(9)15)16-10(2)13(17)18-14(3,4)5/h6-8,10,16H,1-5H3. The van der Waals surface area contributed by atoms with Crippen LogP contribution in [0.15, 0.2) is 22.7 Å². The van der Waals surface area contributed by atoms with Gasteiger partial charge in [0, 0.05) is 10.2 Å². The highest BCUT2D eigenvalue weighted by molar-refractivity contribution is 9.10. The molecule has 1 atom stereocenters. The van der Waals surface area contributed by atoms with Crippen LogP contribution in [-0.2, 0) is 9.53 Å². The van der Waals surface area contributed by atoms with E-state index in [1.807, 2.05) is 45.9 Å². The van der Waals surface area contributed by atoms with Crippen molar-refractivity contribution in [2.75, 3.05) is 5.32 Å². The van der Waals surface area contributed by atoms with Crippen LogP contribution in [0, 0.1) is 6.92 Å². The highest BCUT2D eigenvalue weighted by Crippen LogP contribution is 2.26. The zero-order chi connectivity index (χ0) is 13.9. The fraction of sp³-hybridized carbons (Fsp3) is 0.500. The van der Waals surface area contributed by atoms with Crippen LogP contribution in [0.5, 0.6) is 0 Å². The predicted molar refractivity (Wildman–Crippen MR) is 77.8 cm³/mol. The SMILES string of the molecule is Cc1cccc(NC(C)C(=O)OC(C)(C)C)c1Br. The van der Waals surface area contributed by atoms with Gasteiger partial charge in [0.2, 0.25) is 0 Å². The number of hydrogen-bond donors (Lipinski definition) is 1. The number of rotatable bonds is 3. The first-order valence-corrected chi connectivity index (χ1v) is 6.74.